The molecule has 2 saturated carbocycles. The van der Waals surface area contributed by atoms with Gasteiger partial charge < -0.3 is 0 Å². The third-order valence-corrected chi connectivity index (χ3v) is 3.49. The van der Waals surface area contributed by atoms with Gasteiger partial charge >= 0.3 is 0 Å². The first-order valence-corrected chi connectivity index (χ1v) is 5.02. The van der Waals surface area contributed by atoms with Gasteiger partial charge in [-0.25, -0.2) is 4.39 Å². The van der Waals surface area contributed by atoms with E-state index >= 15 is 0 Å². The van der Waals surface area contributed by atoms with Gasteiger partial charge in [-0.1, -0.05) is 25.7 Å². The second kappa shape index (κ2) is 3.12. The maximum atomic E-state index is 13.3. The van der Waals surface area contributed by atoms with Crippen LogP contribution in [0, 0.1) is 11.8 Å². The molecular formula is C10H17F. The van der Waals surface area contributed by atoms with E-state index in [1.54, 1.807) is 0 Å². The minimum atomic E-state index is -0.450. The van der Waals surface area contributed by atoms with Crippen molar-refractivity contribution in [1.29, 1.82) is 0 Å². The molecule has 2 fully saturated rings. The third-order valence-electron chi connectivity index (χ3n) is 3.49. The van der Waals surface area contributed by atoms with Crippen LogP contribution in [0.2, 0.25) is 0 Å². The van der Waals surface area contributed by atoms with E-state index in [-0.39, 0.29) is 0 Å². The summed E-state index contributed by atoms with van der Waals surface area (Å²) in [5.41, 5.74) is 0. The Balaban J connectivity index is 1.99. The molecule has 0 amide bonds. The zero-order chi connectivity index (χ0) is 7.68. The fourth-order valence-electron chi connectivity index (χ4n) is 2.86. The maximum absolute atomic E-state index is 13.3. The van der Waals surface area contributed by atoms with Gasteiger partial charge in [-0.3, -0.25) is 0 Å². The fourth-order valence-corrected chi connectivity index (χ4v) is 2.86. The third kappa shape index (κ3) is 1.43. The summed E-state index contributed by atoms with van der Waals surface area (Å²) in [4.78, 5) is 0. The highest BCUT2D eigenvalue weighted by Gasteiger charge is 2.34. The molecule has 0 N–H and O–H groups in total. The van der Waals surface area contributed by atoms with E-state index in [1.807, 2.05) is 0 Å². The Morgan fingerprint density at radius 3 is 2.36 bits per heavy atom. The number of rotatable bonds is 0. The molecular weight excluding hydrogens is 139 g/mol. The summed E-state index contributed by atoms with van der Waals surface area (Å²) in [6.45, 7) is 0. The Labute approximate surface area is 68.2 Å². The highest BCUT2D eigenvalue weighted by atomic mass is 19.1. The van der Waals surface area contributed by atoms with Gasteiger partial charge in [-0.05, 0) is 31.1 Å². The van der Waals surface area contributed by atoms with E-state index in [0.29, 0.717) is 5.92 Å². The monoisotopic (exact) mass is 156 g/mol. The quantitative estimate of drug-likeness (QED) is 0.504. The van der Waals surface area contributed by atoms with Crippen LogP contribution in [0.15, 0.2) is 0 Å². The second-order valence-corrected chi connectivity index (χ2v) is 4.16. The molecule has 11 heavy (non-hydrogen) atoms. The van der Waals surface area contributed by atoms with Crippen LogP contribution >= 0.6 is 0 Å². The molecule has 3 atom stereocenters. The topological polar surface area (TPSA) is 0 Å². The van der Waals surface area contributed by atoms with Crippen LogP contribution in [0.25, 0.3) is 0 Å². The van der Waals surface area contributed by atoms with Crippen LogP contribution in [0.3, 0.4) is 0 Å². The van der Waals surface area contributed by atoms with Crippen molar-refractivity contribution in [3.05, 3.63) is 0 Å². The molecule has 0 aromatic carbocycles. The van der Waals surface area contributed by atoms with Crippen LogP contribution < -0.4 is 0 Å². The molecule has 0 heterocycles. The van der Waals surface area contributed by atoms with E-state index in [2.05, 4.69) is 0 Å². The molecule has 0 spiro atoms. The zero-order valence-electron chi connectivity index (χ0n) is 7.06. The van der Waals surface area contributed by atoms with Crippen LogP contribution in [0.5, 0.6) is 0 Å². The summed E-state index contributed by atoms with van der Waals surface area (Å²) < 4.78 is 13.3. The molecule has 2 rings (SSSR count). The summed E-state index contributed by atoms with van der Waals surface area (Å²) in [7, 11) is 0. The van der Waals surface area contributed by atoms with Gasteiger partial charge in [0.05, 0.1) is 0 Å². The fraction of sp³-hybridized carbons (Fsp3) is 1.00. The smallest absolute Gasteiger partial charge is 0.103 e. The second-order valence-electron chi connectivity index (χ2n) is 4.16. The molecule has 2 aliphatic carbocycles. The number of hydrogen-bond acceptors (Lipinski definition) is 0. The molecule has 1 heteroatoms. The average molecular weight is 156 g/mol. The van der Waals surface area contributed by atoms with Crippen molar-refractivity contribution in [2.45, 2.75) is 51.1 Å². The highest BCUT2D eigenvalue weighted by Crippen LogP contribution is 2.41. The molecule has 0 nitrogen and oxygen atoms in total. The largest absolute Gasteiger partial charge is 0.247 e. The molecule has 0 aromatic rings. The Hall–Kier alpha value is -0.0700. The number of fused-ring (bicyclic) bond motifs is 1. The summed E-state index contributed by atoms with van der Waals surface area (Å²) in [6.07, 6.45) is 7.97. The number of alkyl halides is 1. The van der Waals surface area contributed by atoms with Gasteiger partial charge in [-0.2, -0.15) is 0 Å². The summed E-state index contributed by atoms with van der Waals surface area (Å²) >= 11 is 0. The molecule has 0 saturated heterocycles. The highest BCUT2D eigenvalue weighted by molar-refractivity contribution is 4.84. The van der Waals surface area contributed by atoms with Crippen molar-refractivity contribution in [2.75, 3.05) is 0 Å². The zero-order valence-corrected chi connectivity index (χ0v) is 7.06. The lowest BCUT2D eigenvalue weighted by molar-refractivity contribution is 0.0717. The molecule has 2 aliphatic rings. The van der Waals surface area contributed by atoms with Crippen molar-refractivity contribution in [3.63, 3.8) is 0 Å². The minimum absolute atomic E-state index is 0.450. The van der Waals surface area contributed by atoms with Gasteiger partial charge in [0.1, 0.15) is 6.17 Å². The van der Waals surface area contributed by atoms with Crippen molar-refractivity contribution in [2.24, 2.45) is 11.8 Å². The van der Waals surface area contributed by atoms with Gasteiger partial charge in [0.25, 0.3) is 0 Å². The van der Waals surface area contributed by atoms with Crippen LogP contribution in [-0.4, -0.2) is 6.17 Å². The Bertz CT molecular complexity index is 131. The summed E-state index contributed by atoms with van der Waals surface area (Å²) in [5.74, 6) is 1.21. The Morgan fingerprint density at radius 1 is 0.818 bits per heavy atom. The molecule has 0 aromatic heterocycles. The molecule has 0 aliphatic heterocycles. The summed E-state index contributed by atoms with van der Waals surface area (Å²) in [5, 5.41) is 0. The average Bonchev–Trinajstić information content (AvgIpc) is 2.06. The normalized spacial score (nSPS) is 45.0. The first-order valence-electron chi connectivity index (χ1n) is 5.02. The van der Waals surface area contributed by atoms with Crippen molar-refractivity contribution < 1.29 is 4.39 Å². The van der Waals surface area contributed by atoms with Crippen molar-refractivity contribution >= 4 is 0 Å². The van der Waals surface area contributed by atoms with Gasteiger partial charge in [0.2, 0.25) is 0 Å². The van der Waals surface area contributed by atoms with Gasteiger partial charge in [0, 0.05) is 0 Å². The first kappa shape index (κ1) is 7.57. The molecule has 64 valence electrons. The van der Waals surface area contributed by atoms with Crippen molar-refractivity contribution in [1.82, 2.24) is 0 Å². The van der Waals surface area contributed by atoms with Crippen LogP contribution in [-0.2, 0) is 0 Å². The van der Waals surface area contributed by atoms with E-state index < -0.39 is 6.17 Å². The van der Waals surface area contributed by atoms with E-state index in [4.69, 9.17) is 0 Å². The first-order chi connectivity index (χ1) is 5.38. The maximum Gasteiger partial charge on any atom is 0.103 e. The SMILES string of the molecule is F[C@H]1CCC[C@H]2CCCC[C@@H]21. The lowest BCUT2D eigenvalue weighted by Gasteiger charge is -2.37. The predicted molar refractivity (Wildman–Crippen MR) is 44.2 cm³/mol. The molecule has 0 radical (unpaired) electrons. The van der Waals surface area contributed by atoms with Crippen LogP contribution in [0.1, 0.15) is 44.9 Å². The Morgan fingerprint density at radius 2 is 1.55 bits per heavy atom. The number of halogens is 1. The lowest BCUT2D eigenvalue weighted by atomic mass is 9.70. The Kier molecular flexibility index (Phi) is 2.15. The lowest BCUT2D eigenvalue weighted by Crippen LogP contribution is -2.31. The molecule has 0 bridgehead atoms. The van der Waals surface area contributed by atoms with Gasteiger partial charge in [-0.15, -0.1) is 0 Å². The minimum Gasteiger partial charge on any atom is -0.247 e. The predicted octanol–water partition coefficient (Wildman–Crippen LogP) is 3.31. The summed E-state index contributed by atoms with van der Waals surface area (Å²) in [6, 6.07) is 0. The van der Waals surface area contributed by atoms with E-state index in [1.165, 1.54) is 32.1 Å². The van der Waals surface area contributed by atoms with E-state index in [9.17, 15) is 4.39 Å². The standard InChI is InChI=1S/C10H17F/c11-10-7-3-5-8-4-1-2-6-9(8)10/h8-10H,1-7H2/t8-,9+,10+/m1/s1. The van der Waals surface area contributed by atoms with Crippen LogP contribution in [0.4, 0.5) is 4.39 Å². The molecule has 0 unspecified atom stereocenters. The van der Waals surface area contributed by atoms with Gasteiger partial charge in [0.15, 0.2) is 0 Å². The number of hydrogen-bond donors (Lipinski definition) is 0. The van der Waals surface area contributed by atoms with Crippen molar-refractivity contribution in [3.8, 4) is 0 Å². The van der Waals surface area contributed by atoms with E-state index in [0.717, 1.165) is 18.8 Å².